The summed E-state index contributed by atoms with van der Waals surface area (Å²) >= 11 is 0. The van der Waals surface area contributed by atoms with E-state index in [4.69, 9.17) is 4.98 Å². The molecule has 0 unspecified atom stereocenters. The van der Waals surface area contributed by atoms with Crippen molar-refractivity contribution in [2.75, 3.05) is 11.9 Å². The van der Waals surface area contributed by atoms with E-state index in [2.05, 4.69) is 40.1 Å². The maximum Gasteiger partial charge on any atom is 0.141 e. The van der Waals surface area contributed by atoms with Gasteiger partial charge in [0, 0.05) is 31.0 Å². The average Bonchev–Trinajstić information content (AvgIpc) is 2.84. The van der Waals surface area contributed by atoms with E-state index < -0.39 is 0 Å². The molecule has 3 heterocycles. The second-order valence-corrected chi connectivity index (χ2v) is 5.22. The van der Waals surface area contributed by atoms with Crippen LogP contribution >= 0.6 is 0 Å². The van der Waals surface area contributed by atoms with E-state index in [9.17, 15) is 0 Å². The van der Waals surface area contributed by atoms with Crippen LogP contribution in [0.15, 0.2) is 36.7 Å². The van der Waals surface area contributed by atoms with Crippen molar-refractivity contribution in [3.8, 4) is 11.4 Å². The van der Waals surface area contributed by atoms with Gasteiger partial charge < -0.3 is 9.88 Å². The SMILES string of the molecule is Cn1c(-c2cccc3c2CCCN3)nc2cnccc21. The fourth-order valence-corrected chi connectivity index (χ4v) is 3.01. The largest absolute Gasteiger partial charge is 0.385 e. The molecule has 0 saturated heterocycles. The summed E-state index contributed by atoms with van der Waals surface area (Å²) in [5.41, 5.74) is 5.93. The quantitative estimate of drug-likeness (QED) is 0.734. The number of aryl methyl sites for hydroxylation is 1. The van der Waals surface area contributed by atoms with Gasteiger partial charge in [-0.1, -0.05) is 12.1 Å². The second-order valence-electron chi connectivity index (χ2n) is 5.22. The van der Waals surface area contributed by atoms with Crippen LogP contribution in [0.2, 0.25) is 0 Å². The fourth-order valence-electron chi connectivity index (χ4n) is 3.01. The molecule has 0 spiro atoms. The molecule has 1 aromatic carbocycles. The number of nitrogens with zero attached hydrogens (tertiary/aromatic N) is 3. The lowest BCUT2D eigenvalue weighted by Gasteiger charge is -2.20. The predicted octanol–water partition coefficient (Wildman–Crippen LogP) is 2.99. The molecule has 0 atom stereocenters. The van der Waals surface area contributed by atoms with Crippen LogP contribution in [0.25, 0.3) is 22.4 Å². The molecule has 1 aliphatic rings. The summed E-state index contributed by atoms with van der Waals surface area (Å²) in [6, 6.07) is 8.44. The van der Waals surface area contributed by atoms with Crippen LogP contribution in [0.3, 0.4) is 0 Å². The highest BCUT2D eigenvalue weighted by Crippen LogP contribution is 2.33. The highest BCUT2D eigenvalue weighted by molar-refractivity contribution is 5.81. The first-order valence-corrected chi connectivity index (χ1v) is 6.97. The van der Waals surface area contributed by atoms with Crippen molar-refractivity contribution >= 4 is 16.7 Å². The van der Waals surface area contributed by atoms with E-state index in [1.807, 2.05) is 18.5 Å². The van der Waals surface area contributed by atoms with Crippen molar-refractivity contribution in [3.63, 3.8) is 0 Å². The summed E-state index contributed by atoms with van der Waals surface area (Å²) in [5.74, 6) is 1.02. The average molecular weight is 264 g/mol. The molecule has 3 aromatic rings. The fraction of sp³-hybridized carbons (Fsp3) is 0.250. The number of hydrogen-bond acceptors (Lipinski definition) is 3. The lowest BCUT2D eigenvalue weighted by Crippen LogP contribution is -2.13. The third kappa shape index (κ3) is 1.61. The number of imidazole rings is 1. The van der Waals surface area contributed by atoms with Gasteiger partial charge in [-0.15, -0.1) is 0 Å². The topological polar surface area (TPSA) is 42.7 Å². The first-order valence-electron chi connectivity index (χ1n) is 6.97. The van der Waals surface area contributed by atoms with E-state index in [-0.39, 0.29) is 0 Å². The van der Waals surface area contributed by atoms with Crippen LogP contribution in [0.5, 0.6) is 0 Å². The van der Waals surface area contributed by atoms with Gasteiger partial charge in [0.05, 0.1) is 11.7 Å². The molecule has 0 bridgehead atoms. The van der Waals surface area contributed by atoms with Crippen LogP contribution in [0.1, 0.15) is 12.0 Å². The minimum Gasteiger partial charge on any atom is -0.385 e. The second kappa shape index (κ2) is 4.34. The number of anilines is 1. The number of aromatic nitrogens is 3. The van der Waals surface area contributed by atoms with Gasteiger partial charge in [0.25, 0.3) is 0 Å². The highest BCUT2D eigenvalue weighted by atomic mass is 15.1. The summed E-state index contributed by atoms with van der Waals surface area (Å²) in [5, 5.41) is 3.48. The van der Waals surface area contributed by atoms with Gasteiger partial charge in [-0.25, -0.2) is 4.98 Å². The van der Waals surface area contributed by atoms with Crippen molar-refractivity contribution in [3.05, 3.63) is 42.2 Å². The standard InChI is InChI=1S/C16H16N4/c1-20-15-7-9-17-10-14(15)19-16(20)12-4-2-6-13-11(12)5-3-8-18-13/h2,4,6-7,9-10,18H,3,5,8H2,1H3. The minimum atomic E-state index is 0.950. The molecule has 100 valence electrons. The van der Waals surface area contributed by atoms with Crippen molar-refractivity contribution in [2.24, 2.45) is 7.05 Å². The summed E-state index contributed by atoms with van der Waals surface area (Å²) in [4.78, 5) is 8.92. The Hall–Kier alpha value is -2.36. The lowest BCUT2D eigenvalue weighted by molar-refractivity contribution is 0.828. The number of benzene rings is 1. The van der Waals surface area contributed by atoms with Crippen LogP contribution < -0.4 is 5.32 Å². The van der Waals surface area contributed by atoms with Crippen molar-refractivity contribution in [2.45, 2.75) is 12.8 Å². The Morgan fingerprint density at radius 3 is 3.10 bits per heavy atom. The third-order valence-electron chi connectivity index (χ3n) is 4.02. The van der Waals surface area contributed by atoms with Gasteiger partial charge in [-0.2, -0.15) is 0 Å². The van der Waals surface area contributed by atoms with Gasteiger partial charge >= 0.3 is 0 Å². The van der Waals surface area contributed by atoms with E-state index in [1.165, 1.54) is 23.2 Å². The molecule has 0 radical (unpaired) electrons. The zero-order valence-electron chi connectivity index (χ0n) is 11.4. The smallest absolute Gasteiger partial charge is 0.141 e. The molecular weight excluding hydrogens is 248 g/mol. The normalized spacial score (nSPS) is 14.1. The Labute approximate surface area is 117 Å². The van der Waals surface area contributed by atoms with E-state index in [1.54, 1.807) is 0 Å². The molecule has 0 aliphatic carbocycles. The molecule has 0 saturated carbocycles. The van der Waals surface area contributed by atoms with Crippen molar-refractivity contribution < 1.29 is 0 Å². The monoisotopic (exact) mass is 264 g/mol. The Bertz CT molecular complexity index is 788. The van der Waals surface area contributed by atoms with Gasteiger partial charge in [-0.3, -0.25) is 4.98 Å². The highest BCUT2D eigenvalue weighted by Gasteiger charge is 2.17. The molecule has 20 heavy (non-hydrogen) atoms. The molecule has 2 aromatic heterocycles. The molecule has 0 amide bonds. The number of nitrogens with one attached hydrogen (secondary N) is 1. The van der Waals surface area contributed by atoms with Gasteiger partial charge in [-0.05, 0) is 30.5 Å². The van der Waals surface area contributed by atoms with Crippen molar-refractivity contribution in [1.29, 1.82) is 0 Å². The minimum absolute atomic E-state index is 0.950. The number of hydrogen-bond donors (Lipinski definition) is 1. The van der Waals surface area contributed by atoms with Gasteiger partial charge in [0.2, 0.25) is 0 Å². The Balaban J connectivity index is 1.98. The third-order valence-corrected chi connectivity index (χ3v) is 4.02. The molecule has 4 rings (SSSR count). The lowest BCUT2D eigenvalue weighted by atomic mass is 9.97. The van der Waals surface area contributed by atoms with Crippen molar-refractivity contribution in [1.82, 2.24) is 14.5 Å². The Morgan fingerprint density at radius 1 is 1.25 bits per heavy atom. The first-order chi connectivity index (χ1) is 9.84. The van der Waals surface area contributed by atoms with Crippen LogP contribution in [-0.2, 0) is 13.5 Å². The van der Waals surface area contributed by atoms with Gasteiger partial charge in [0.15, 0.2) is 0 Å². The van der Waals surface area contributed by atoms with Gasteiger partial charge in [0.1, 0.15) is 11.3 Å². The predicted molar refractivity (Wildman–Crippen MR) is 80.8 cm³/mol. The van der Waals surface area contributed by atoms with Crippen LogP contribution in [-0.4, -0.2) is 21.1 Å². The molecule has 0 fully saturated rings. The zero-order chi connectivity index (χ0) is 13.5. The van der Waals surface area contributed by atoms with E-state index >= 15 is 0 Å². The van der Waals surface area contributed by atoms with Crippen LogP contribution in [0.4, 0.5) is 5.69 Å². The van der Waals surface area contributed by atoms with E-state index in [0.717, 1.165) is 29.8 Å². The zero-order valence-corrected chi connectivity index (χ0v) is 11.4. The molecule has 1 N–H and O–H groups in total. The molecule has 1 aliphatic heterocycles. The molecule has 4 nitrogen and oxygen atoms in total. The van der Waals surface area contributed by atoms with Crippen LogP contribution in [0, 0.1) is 0 Å². The summed E-state index contributed by atoms with van der Waals surface area (Å²) in [6.07, 6.45) is 5.93. The number of pyridine rings is 1. The summed E-state index contributed by atoms with van der Waals surface area (Å²) in [7, 11) is 2.07. The molecule has 4 heteroatoms. The number of rotatable bonds is 1. The molecular formula is C16H16N4. The van der Waals surface area contributed by atoms with E-state index in [0.29, 0.717) is 0 Å². The number of fused-ring (bicyclic) bond motifs is 2. The maximum atomic E-state index is 4.76. The summed E-state index contributed by atoms with van der Waals surface area (Å²) < 4.78 is 2.15. The Morgan fingerprint density at radius 2 is 2.20 bits per heavy atom. The summed E-state index contributed by atoms with van der Waals surface area (Å²) in [6.45, 7) is 1.06. The first kappa shape index (κ1) is 11.5. The maximum absolute atomic E-state index is 4.76. The Kier molecular flexibility index (Phi) is 2.49.